The van der Waals surface area contributed by atoms with Gasteiger partial charge in [-0.1, -0.05) is 17.7 Å². The SMILES string of the molecule is COCCCNc1cncc(C(=O)Nc2ccc(C)cc2)c1. The van der Waals surface area contributed by atoms with Crippen LogP contribution in [0.1, 0.15) is 22.3 Å². The van der Waals surface area contributed by atoms with Crippen LogP contribution in [0.5, 0.6) is 0 Å². The topological polar surface area (TPSA) is 63.2 Å². The lowest BCUT2D eigenvalue weighted by Crippen LogP contribution is -2.13. The second kappa shape index (κ2) is 8.14. The molecule has 1 aromatic carbocycles. The molecule has 5 nitrogen and oxygen atoms in total. The standard InChI is InChI=1S/C17H21N3O2/c1-13-4-6-15(7-5-13)20-17(21)14-10-16(12-18-11-14)19-8-3-9-22-2/h4-7,10-12,19H,3,8-9H2,1-2H3,(H,20,21). The number of pyridine rings is 1. The Morgan fingerprint density at radius 3 is 2.68 bits per heavy atom. The summed E-state index contributed by atoms with van der Waals surface area (Å²) < 4.78 is 5.00. The van der Waals surface area contributed by atoms with Crippen LogP contribution in [0.4, 0.5) is 11.4 Å². The molecular weight excluding hydrogens is 278 g/mol. The van der Waals surface area contributed by atoms with Gasteiger partial charge in [0.1, 0.15) is 0 Å². The minimum absolute atomic E-state index is 0.170. The summed E-state index contributed by atoms with van der Waals surface area (Å²) in [6.45, 7) is 3.49. The fraction of sp³-hybridized carbons (Fsp3) is 0.294. The van der Waals surface area contributed by atoms with E-state index in [4.69, 9.17) is 4.74 Å². The molecule has 0 aliphatic heterocycles. The molecular formula is C17H21N3O2. The van der Waals surface area contributed by atoms with Gasteiger partial charge >= 0.3 is 0 Å². The van der Waals surface area contributed by atoms with E-state index < -0.39 is 0 Å². The van der Waals surface area contributed by atoms with Crippen molar-refractivity contribution in [2.45, 2.75) is 13.3 Å². The second-order valence-electron chi connectivity index (χ2n) is 5.06. The van der Waals surface area contributed by atoms with Crippen LogP contribution in [0.25, 0.3) is 0 Å². The van der Waals surface area contributed by atoms with Crippen LogP contribution in [0.3, 0.4) is 0 Å². The first-order valence-electron chi connectivity index (χ1n) is 7.25. The molecule has 0 saturated heterocycles. The molecule has 1 amide bonds. The van der Waals surface area contributed by atoms with Gasteiger partial charge in [-0.15, -0.1) is 0 Å². The number of methoxy groups -OCH3 is 1. The summed E-state index contributed by atoms with van der Waals surface area (Å²) in [6, 6.07) is 9.48. The number of hydrogen-bond acceptors (Lipinski definition) is 4. The first-order valence-corrected chi connectivity index (χ1v) is 7.25. The molecule has 0 saturated carbocycles. The van der Waals surface area contributed by atoms with Crippen molar-refractivity contribution in [2.24, 2.45) is 0 Å². The van der Waals surface area contributed by atoms with Crippen molar-refractivity contribution in [1.29, 1.82) is 0 Å². The van der Waals surface area contributed by atoms with Gasteiger partial charge in [0, 0.05) is 38.3 Å². The lowest BCUT2D eigenvalue weighted by atomic mass is 10.2. The summed E-state index contributed by atoms with van der Waals surface area (Å²) in [7, 11) is 1.68. The number of rotatable bonds is 7. The second-order valence-corrected chi connectivity index (χ2v) is 5.06. The summed E-state index contributed by atoms with van der Waals surface area (Å²) in [5, 5.41) is 6.09. The largest absolute Gasteiger partial charge is 0.385 e. The monoisotopic (exact) mass is 299 g/mol. The minimum atomic E-state index is -0.170. The zero-order chi connectivity index (χ0) is 15.8. The molecule has 0 atom stereocenters. The molecule has 0 bridgehead atoms. The number of anilines is 2. The summed E-state index contributed by atoms with van der Waals surface area (Å²) in [4.78, 5) is 16.3. The number of carbonyl (C=O) groups excluding carboxylic acids is 1. The molecule has 0 spiro atoms. The van der Waals surface area contributed by atoms with Crippen molar-refractivity contribution < 1.29 is 9.53 Å². The molecule has 2 N–H and O–H groups in total. The highest BCUT2D eigenvalue weighted by molar-refractivity contribution is 6.04. The molecule has 0 fully saturated rings. The Morgan fingerprint density at radius 1 is 1.18 bits per heavy atom. The van der Waals surface area contributed by atoms with E-state index in [0.29, 0.717) is 12.2 Å². The predicted molar refractivity (Wildman–Crippen MR) is 88.4 cm³/mol. The number of hydrogen-bond donors (Lipinski definition) is 2. The maximum atomic E-state index is 12.2. The maximum absolute atomic E-state index is 12.2. The number of ether oxygens (including phenoxy) is 1. The zero-order valence-electron chi connectivity index (χ0n) is 12.9. The molecule has 1 heterocycles. The third-order valence-electron chi connectivity index (χ3n) is 3.16. The molecule has 0 aliphatic rings. The van der Waals surface area contributed by atoms with Crippen LogP contribution >= 0.6 is 0 Å². The van der Waals surface area contributed by atoms with Gasteiger partial charge in [0.05, 0.1) is 11.3 Å². The number of aromatic nitrogens is 1. The van der Waals surface area contributed by atoms with E-state index in [9.17, 15) is 4.79 Å². The highest BCUT2D eigenvalue weighted by Gasteiger charge is 2.07. The van der Waals surface area contributed by atoms with Crippen molar-refractivity contribution in [3.8, 4) is 0 Å². The number of nitrogens with zero attached hydrogens (tertiary/aromatic N) is 1. The van der Waals surface area contributed by atoms with Gasteiger partial charge in [-0.2, -0.15) is 0 Å². The molecule has 2 rings (SSSR count). The van der Waals surface area contributed by atoms with Crippen LogP contribution < -0.4 is 10.6 Å². The van der Waals surface area contributed by atoms with Gasteiger partial charge in [-0.25, -0.2) is 0 Å². The molecule has 0 unspecified atom stereocenters. The maximum Gasteiger partial charge on any atom is 0.257 e. The molecule has 5 heteroatoms. The van der Waals surface area contributed by atoms with Crippen LogP contribution in [-0.2, 0) is 4.74 Å². The lowest BCUT2D eigenvalue weighted by molar-refractivity contribution is 0.102. The number of aryl methyl sites for hydroxylation is 1. The van der Waals surface area contributed by atoms with Crippen LogP contribution in [0.2, 0.25) is 0 Å². The van der Waals surface area contributed by atoms with E-state index in [1.54, 1.807) is 25.6 Å². The number of benzene rings is 1. The first-order chi connectivity index (χ1) is 10.7. The summed E-state index contributed by atoms with van der Waals surface area (Å²) in [5.41, 5.74) is 3.28. The van der Waals surface area contributed by atoms with Gasteiger partial charge in [0.2, 0.25) is 0 Å². The molecule has 2 aromatic rings. The van der Waals surface area contributed by atoms with Gasteiger partial charge in [0.15, 0.2) is 0 Å². The summed E-state index contributed by atoms with van der Waals surface area (Å²) in [6.07, 6.45) is 4.16. The Balaban J connectivity index is 1.96. The van der Waals surface area contributed by atoms with Crippen molar-refractivity contribution in [1.82, 2.24) is 4.98 Å². The number of carbonyl (C=O) groups is 1. The van der Waals surface area contributed by atoms with Crippen LogP contribution in [0, 0.1) is 6.92 Å². The third kappa shape index (κ3) is 4.86. The van der Waals surface area contributed by atoms with E-state index in [1.165, 1.54) is 0 Å². The smallest absolute Gasteiger partial charge is 0.257 e. The fourth-order valence-corrected chi connectivity index (χ4v) is 1.95. The van der Waals surface area contributed by atoms with Crippen molar-refractivity contribution in [3.05, 3.63) is 53.9 Å². The Morgan fingerprint density at radius 2 is 1.95 bits per heavy atom. The third-order valence-corrected chi connectivity index (χ3v) is 3.16. The van der Waals surface area contributed by atoms with E-state index in [-0.39, 0.29) is 5.91 Å². The number of amides is 1. The van der Waals surface area contributed by atoms with Crippen molar-refractivity contribution in [3.63, 3.8) is 0 Å². The van der Waals surface area contributed by atoms with Crippen LogP contribution in [0.15, 0.2) is 42.7 Å². The summed E-state index contributed by atoms with van der Waals surface area (Å²) >= 11 is 0. The Hall–Kier alpha value is -2.40. The van der Waals surface area contributed by atoms with E-state index in [2.05, 4.69) is 15.6 Å². The fourth-order valence-electron chi connectivity index (χ4n) is 1.95. The van der Waals surface area contributed by atoms with Crippen molar-refractivity contribution >= 4 is 17.3 Å². The van der Waals surface area contributed by atoms with E-state index in [0.717, 1.165) is 29.9 Å². The van der Waals surface area contributed by atoms with Gasteiger partial charge in [-0.3, -0.25) is 9.78 Å². The predicted octanol–water partition coefficient (Wildman–Crippen LogP) is 3.09. The van der Waals surface area contributed by atoms with E-state index >= 15 is 0 Å². The first kappa shape index (κ1) is 16.0. The Kier molecular flexibility index (Phi) is 5.91. The highest BCUT2D eigenvalue weighted by atomic mass is 16.5. The molecule has 0 aliphatic carbocycles. The lowest BCUT2D eigenvalue weighted by Gasteiger charge is -2.08. The van der Waals surface area contributed by atoms with Crippen LogP contribution in [-0.4, -0.2) is 31.2 Å². The minimum Gasteiger partial charge on any atom is -0.385 e. The van der Waals surface area contributed by atoms with Gasteiger partial charge < -0.3 is 15.4 Å². The van der Waals surface area contributed by atoms with Crippen molar-refractivity contribution in [2.75, 3.05) is 30.9 Å². The normalized spacial score (nSPS) is 10.3. The quantitative estimate of drug-likeness (QED) is 0.771. The summed E-state index contributed by atoms with van der Waals surface area (Å²) in [5.74, 6) is -0.170. The Bertz CT molecular complexity index is 612. The average molecular weight is 299 g/mol. The highest BCUT2D eigenvalue weighted by Crippen LogP contribution is 2.13. The number of nitrogens with one attached hydrogen (secondary N) is 2. The van der Waals surface area contributed by atoms with Gasteiger partial charge in [-0.05, 0) is 31.5 Å². The molecule has 0 radical (unpaired) electrons. The van der Waals surface area contributed by atoms with E-state index in [1.807, 2.05) is 31.2 Å². The molecule has 1 aromatic heterocycles. The molecule has 116 valence electrons. The van der Waals surface area contributed by atoms with Gasteiger partial charge in [0.25, 0.3) is 5.91 Å². The Labute approximate surface area is 130 Å². The molecule has 22 heavy (non-hydrogen) atoms. The average Bonchev–Trinajstić information content (AvgIpc) is 2.54. The zero-order valence-corrected chi connectivity index (χ0v) is 12.9.